The van der Waals surface area contributed by atoms with Gasteiger partial charge >= 0.3 is 0 Å². The van der Waals surface area contributed by atoms with Crippen LogP contribution in [0.15, 0.2) is 30.7 Å². The lowest BCUT2D eigenvalue weighted by Crippen LogP contribution is -2.25. The number of amides is 1. The van der Waals surface area contributed by atoms with E-state index in [1.807, 2.05) is 0 Å². The van der Waals surface area contributed by atoms with Crippen LogP contribution in [0.25, 0.3) is 11.4 Å². The second-order valence-corrected chi connectivity index (χ2v) is 4.34. The molecule has 20 heavy (non-hydrogen) atoms. The quantitative estimate of drug-likeness (QED) is 0.806. The maximum atomic E-state index is 11.9. The van der Waals surface area contributed by atoms with Gasteiger partial charge in [0.1, 0.15) is 5.82 Å². The molecule has 6 nitrogen and oxygen atoms in total. The summed E-state index contributed by atoms with van der Waals surface area (Å²) in [5.74, 6) is 0.424. The van der Waals surface area contributed by atoms with E-state index in [1.165, 1.54) is 6.20 Å². The Labute approximate surface area is 117 Å². The number of nitrogens with two attached hydrogens (primary N) is 1. The van der Waals surface area contributed by atoms with Crippen molar-refractivity contribution in [1.29, 1.82) is 0 Å². The number of anilines is 1. The fourth-order valence-corrected chi connectivity index (χ4v) is 1.68. The van der Waals surface area contributed by atoms with E-state index in [4.69, 9.17) is 5.73 Å². The molecule has 2 rings (SSSR count). The van der Waals surface area contributed by atoms with Crippen LogP contribution in [0.1, 0.15) is 30.1 Å². The molecule has 2 aromatic heterocycles. The van der Waals surface area contributed by atoms with Gasteiger partial charge in [-0.3, -0.25) is 9.78 Å². The molecule has 0 fully saturated rings. The van der Waals surface area contributed by atoms with Gasteiger partial charge in [0.15, 0.2) is 5.82 Å². The minimum atomic E-state index is -0.239. The summed E-state index contributed by atoms with van der Waals surface area (Å²) in [6.45, 7) is 2.69. The molecule has 0 aliphatic carbocycles. The second kappa shape index (κ2) is 6.60. The zero-order chi connectivity index (χ0) is 14.4. The predicted octanol–water partition coefficient (Wildman–Crippen LogP) is 1.65. The van der Waals surface area contributed by atoms with Crippen LogP contribution < -0.4 is 11.1 Å². The van der Waals surface area contributed by atoms with Gasteiger partial charge in [0.25, 0.3) is 5.91 Å². The molecular weight excluding hydrogens is 254 g/mol. The molecule has 104 valence electrons. The van der Waals surface area contributed by atoms with E-state index in [1.54, 1.807) is 24.5 Å². The van der Waals surface area contributed by atoms with Crippen LogP contribution in [0.3, 0.4) is 0 Å². The lowest BCUT2D eigenvalue weighted by molar-refractivity contribution is 0.0953. The van der Waals surface area contributed by atoms with Crippen LogP contribution in [0, 0.1) is 0 Å². The van der Waals surface area contributed by atoms with Crippen molar-refractivity contribution in [3.8, 4) is 11.4 Å². The van der Waals surface area contributed by atoms with Gasteiger partial charge in [0.05, 0.1) is 5.56 Å². The van der Waals surface area contributed by atoms with Crippen LogP contribution in [0.2, 0.25) is 0 Å². The Morgan fingerprint density at radius 1 is 1.35 bits per heavy atom. The van der Waals surface area contributed by atoms with Gasteiger partial charge in [-0.05, 0) is 18.6 Å². The lowest BCUT2D eigenvalue weighted by atomic mass is 10.2. The Morgan fingerprint density at radius 2 is 2.10 bits per heavy atom. The number of hydrogen-bond donors (Lipinski definition) is 2. The number of unbranched alkanes of at least 4 members (excludes halogenated alkanes) is 1. The third-order valence-corrected chi connectivity index (χ3v) is 2.82. The number of carbonyl (C=O) groups excluding carboxylic acids is 1. The van der Waals surface area contributed by atoms with E-state index in [2.05, 4.69) is 27.2 Å². The fourth-order valence-electron chi connectivity index (χ4n) is 1.68. The summed E-state index contributed by atoms with van der Waals surface area (Å²) in [4.78, 5) is 24.2. The smallest absolute Gasteiger partial charge is 0.256 e. The molecule has 0 saturated carbocycles. The molecular formula is C14H17N5O. The summed E-state index contributed by atoms with van der Waals surface area (Å²) in [5, 5.41) is 2.79. The molecule has 0 radical (unpaired) electrons. The number of nitrogens with zero attached hydrogens (tertiary/aromatic N) is 3. The first-order valence-electron chi connectivity index (χ1n) is 6.53. The van der Waals surface area contributed by atoms with E-state index >= 15 is 0 Å². The summed E-state index contributed by atoms with van der Waals surface area (Å²) >= 11 is 0. The first kappa shape index (κ1) is 13.9. The highest BCUT2D eigenvalue weighted by atomic mass is 16.1. The summed E-state index contributed by atoms with van der Waals surface area (Å²) in [6.07, 6.45) is 6.72. The zero-order valence-corrected chi connectivity index (χ0v) is 11.3. The molecule has 0 aromatic carbocycles. The number of nitrogens with one attached hydrogen (secondary N) is 1. The van der Waals surface area contributed by atoms with E-state index in [9.17, 15) is 4.79 Å². The van der Waals surface area contributed by atoms with Crippen LogP contribution in [-0.2, 0) is 0 Å². The Morgan fingerprint density at radius 3 is 2.75 bits per heavy atom. The Bertz CT molecular complexity index is 585. The number of nitrogen functional groups attached to an aromatic ring is 1. The fraction of sp³-hybridized carbons (Fsp3) is 0.286. The molecule has 2 aromatic rings. The molecule has 0 aliphatic heterocycles. The monoisotopic (exact) mass is 271 g/mol. The summed E-state index contributed by atoms with van der Waals surface area (Å²) < 4.78 is 0. The number of aromatic nitrogens is 3. The standard InChI is InChI=1S/C14H17N5O/c1-2-3-6-17-14(20)11-9-18-13(19-12(11)15)10-4-7-16-8-5-10/h4-5,7-9H,2-3,6H2,1H3,(H,17,20)(H2,15,18,19). The van der Waals surface area contributed by atoms with Gasteiger partial charge in [0.2, 0.25) is 0 Å². The van der Waals surface area contributed by atoms with Crippen molar-refractivity contribution in [1.82, 2.24) is 20.3 Å². The summed E-state index contributed by atoms with van der Waals surface area (Å²) in [5.41, 5.74) is 6.95. The molecule has 1 amide bonds. The average molecular weight is 271 g/mol. The second-order valence-electron chi connectivity index (χ2n) is 4.34. The van der Waals surface area contributed by atoms with E-state index in [0.29, 0.717) is 17.9 Å². The van der Waals surface area contributed by atoms with Gasteiger partial charge in [-0.1, -0.05) is 13.3 Å². The van der Waals surface area contributed by atoms with Crippen molar-refractivity contribution < 1.29 is 4.79 Å². The minimum absolute atomic E-state index is 0.181. The summed E-state index contributed by atoms with van der Waals surface area (Å²) in [7, 11) is 0. The van der Waals surface area contributed by atoms with Crippen LogP contribution in [-0.4, -0.2) is 27.4 Å². The Balaban J connectivity index is 2.16. The highest BCUT2D eigenvalue weighted by Gasteiger charge is 2.12. The topological polar surface area (TPSA) is 93.8 Å². The van der Waals surface area contributed by atoms with Gasteiger partial charge in [-0.15, -0.1) is 0 Å². The maximum absolute atomic E-state index is 11.9. The number of rotatable bonds is 5. The third kappa shape index (κ3) is 3.28. The summed E-state index contributed by atoms with van der Waals surface area (Å²) in [6, 6.07) is 3.57. The van der Waals surface area contributed by atoms with Crippen LogP contribution >= 0.6 is 0 Å². The first-order chi connectivity index (χ1) is 9.72. The van der Waals surface area contributed by atoms with Crippen molar-refractivity contribution in [2.45, 2.75) is 19.8 Å². The number of hydrogen-bond acceptors (Lipinski definition) is 5. The zero-order valence-electron chi connectivity index (χ0n) is 11.3. The van der Waals surface area contributed by atoms with Crippen LogP contribution in [0.5, 0.6) is 0 Å². The maximum Gasteiger partial charge on any atom is 0.256 e. The highest BCUT2D eigenvalue weighted by Crippen LogP contribution is 2.16. The van der Waals surface area contributed by atoms with Crippen LogP contribution in [0.4, 0.5) is 5.82 Å². The Kier molecular flexibility index (Phi) is 4.60. The number of carbonyl (C=O) groups is 1. The lowest BCUT2D eigenvalue weighted by Gasteiger charge is -2.07. The van der Waals surface area contributed by atoms with Crippen molar-refractivity contribution in [2.75, 3.05) is 12.3 Å². The molecule has 0 saturated heterocycles. The number of pyridine rings is 1. The van der Waals surface area contributed by atoms with Crippen molar-refractivity contribution in [3.05, 3.63) is 36.3 Å². The normalized spacial score (nSPS) is 10.2. The average Bonchev–Trinajstić information content (AvgIpc) is 2.48. The van der Waals surface area contributed by atoms with Crippen molar-refractivity contribution >= 4 is 11.7 Å². The SMILES string of the molecule is CCCCNC(=O)c1cnc(-c2ccncc2)nc1N. The third-order valence-electron chi connectivity index (χ3n) is 2.82. The largest absolute Gasteiger partial charge is 0.383 e. The Hall–Kier alpha value is -2.50. The minimum Gasteiger partial charge on any atom is -0.383 e. The molecule has 0 spiro atoms. The van der Waals surface area contributed by atoms with E-state index in [0.717, 1.165) is 18.4 Å². The molecule has 2 heterocycles. The van der Waals surface area contributed by atoms with Crippen molar-refractivity contribution in [2.24, 2.45) is 0 Å². The molecule has 0 unspecified atom stereocenters. The predicted molar refractivity (Wildman–Crippen MR) is 76.9 cm³/mol. The first-order valence-corrected chi connectivity index (χ1v) is 6.53. The molecule has 6 heteroatoms. The molecule has 0 atom stereocenters. The van der Waals surface area contributed by atoms with Gasteiger partial charge < -0.3 is 11.1 Å². The van der Waals surface area contributed by atoms with Gasteiger partial charge in [-0.2, -0.15) is 0 Å². The highest BCUT2D eigenvalue weighted by molar-refractivity contribution is 5.98. The molecule has 0 bridgehead atoms. The molecule has 3 N–H and O–H groups in total. The van der Waals surface area contributed by atoms with Gasteiger partial charge in [-0.25, -0.2) is 9.97 Å². The molecule has 0 aliphatic rings. The van der Waals surface area contributed by atoms with Gasteiger partial charge in [0, 0.05) is 30.7 Å². The van der Waals surface area contributed by atoms with E-state index in [-0.39, 0.29) is 11.7 Å². The van der Waals surface area contributed by atoms with E-state index < -0.39 is 0 Å². The van der Waals surface area contributed by atoms with Crippen molar-refractivity contribution in [3.63, 3.8) is 0 Å².